The molecular weight excluding hydrogens is 210 g/mol. The smallest absolute Gasteiger partial charge is 0.303 e. The van der Waals surface area contributed by atoms with Crippen LogP contribution in [0.2, 0.25) is 0 Å². The second kappa shape index (κ2) is 9.18. The maximum Gasteiger partial charge on any atom is 0.303 e. The lowest BCUT2D eigenvalue weighted by molar-refractivity contribution is -0.137. The number of nitrogens with one attached hydrogen (secondary N) is 1. The Balaban J connectivity index is 3.53. The molecule has 0 aliphatic carbocycles. The van der Waals surface area contributed by atoms with E-state index in [0.29, 0.717) is 19.3 Å². The lowest BCUT2D eigenvalue weighted by Gasteiger charge is -2.08. The van der Waals surface area contributed by atoms with Crippen molar-refractivity contribution in [1.82, 2.24) is 5.48 Å². The number of aliphatic carboxylic acids is 1. The minimum atomic E-state index is -0.813. The van der Waals surface area contributed by atoms with Crippen LogP contribution in [0.25, 0.3) is 0 Å². The molecule has 0 bridgehead atoms. The fourth-order valence-electron chi connectivity index (χ4n) is 1.33. The van der Waals surface area contributed by atoms with Crippen molar-refractivity contribution in [2.45, 2.75) is 45.1 Å². The van der Waals surface area contributed by atoms with E-state index < -0.39 is 12.1 Å². The van der Waals surface area contributed by atoms with Gasteiger partial charge in [0, 0.05) is 12.1 Å². The molecule has 94 valence electrons. The van der Waals surface area contributed by atoms with Gasteiger partial charge in [0.15, 0.2) is 0 Å². The molecule has 1 unspecified atom stereocenters. The molecule has 0 fully saturated rings. The maximum absolute atomic E-state index is 10.2. The van der Waals surface area contributed by atoms with Gasteiger partial charge in [0.05, 0.1) is 13.2 Å². The zero-order valence-electron chi connectivity index (χ0n) is 9.90. The zero-order valence-corrected chi connectivity index (χ0v) is 9.90. The number of hydrogen-bond acceptors (Lipinski definition) is 4. The van der Waals surface area contributed by atoms with Gasteiger partial charge in [0.2, 0.25) is 0 Å². The van der Waals surface area contributed by atoms with Crippen molar-refractivity contribution in [3.05, 3.63) is 11.8 Å². The molecule has 0 rings (SSSR count). The zero-order chi connectivity index (χ0) is 12.4. The maximum atomic E-state index is 10.2. The van der Waals surface area contributed by atoms with E-state index >= 15 is 0 Å². The number of allylic oxidation sites excluding steroid dienone is 2. The van der Waals surface area contributed by atoms with E-state index in [1.54, 1.807) is 0 Å². The first kappa shape index (κ1) is 14.9. The van der Waals surface area contributed by atoms with Gasteiger partial charge in [-0.3, -0.25) is 15.1 Å². The molecule has 0 aliphatic heterocycles. The molecule has 3 N–H and O–H groups in total. The summed E-state index contributed by atoms with van der Waals surface area (Å²) in [7, 11) is 1.54. The third kappa shape index (κ3) is 9.48. The fourth-order valence-corrected chi connectivity index (χ4v) is 1.33. The standard InChI is InChI=1S/C11H21NO4/c1-9(12-16-2)5-3-6-10(13)7-4-8-11(14)15/h5,10,12-13H,3-4,6-8H2,1-2H3,(H,14,15). The largest absolute Gasteiger partial charge is 0.481 e. The number of hydroxylamine groups is 1. The van der Waals surface area contributed by atoms with Gasteiger partial charge < -0.3 is 10.2 Å². The number of rotatable bonds is 9. The van der Waals surface area contributed by atoms with Crippen molar-refractivity contribution in [3.8, 4) is 0 Å². The minimum absolute atomic E-state index is 0.122. The van der Waals surface area contributed by atoms with Crippen LogP contribution in [0, 0.1) is 0 Å². The molecule has 0 aromatic heterocycles. The molecule has 0 aliphatic rings. The van der Waals surface area contributed by atoms with Crippen LogP contribution in [0.5, 0.6) is 0 Å². The highest BCUT2D eigenvalue weighted by molar-refractivity contribution is 5.66. The summed E-state index contributed by atoms with van der Waals surface area (Å²) < 4.78 is 0. The highest BCUT2D eigenvalue weighted by Crippen LogP contribution is 2.08. The van der Waals surface area contributed by atoms with Gasteiger partial charge in [-0.05, 0) is 32.6 Å². The van der Waals surface area contributed by atoms with Gasteiger partial charge in [-0.15, -0.1) is 0 Å². The number of aliphatic hydroxyl groups excluding tert-OH is 1. The Morgan fingerprint density at radius 2 is 2.19 bits per heavy atom. The summed E-state index contributed by atoms with van der Waals surface area (Å²) >= 11 is 0. The molecule has 0 heterocycles. The third-order valence-electron chi connectivity index (χ3n) is 2.14. The second-order valence-corrected chi connectivity index (χ2v) is 3.71. The number of hydrogen-bond donors (Lipinski definition) is 3. The van der Waals surface area contributed by atoms with E-state index in [0.717, 1.165) is 12.1 Å². The summed E-state index contributed by atoms with van der Waals surface area (Å²) in [5.41, 5.74) is 3.58. The molecule has 0 spiro atoms. The van der Waals surface area contributed by atoms with Crippen molar-refractivity contribution in [1.29, 1.82) is 0 Å². The molecule has 0 aromatic rings. The summed E-state index contributed by atoms with van der Waals surface area (Å²) in [5, 5.41) is 18.0. The van der Waals surface area contributed by atoms with Gasteiger partial charge in [-0.25, -0.2) is 0 Å². The molecule has 0 saturated heterocycles. The molecular formula is C11H21NO4. The highest BCUT2D eigenvalue weighted by atomic mass is 16.6. The predicted octanol–water partition coefficient (Wildman–Crippen LogP) is 1.44. The van der Waals surface area contributed by atoms with E-state index in [2.05, 4.69) is 5.48 Å². The summed E-state index contributed by atoms with van der Waals surface area (Å²) in [6, 6.07) is 0. The Bertz CT molecular complexity index is 228. The second-order valence-electron chi connectivity index (χ2n) is 3.71. The highest BCUT2D eigenvalue weighted by Gasteiger charge is 2.04. The van der Waals surface area contributed by atoms with Crippen LogP contribution in [-0.2, 0) is 9.63 Å². The van der Waals surface area contributed by atoms with Crippen LogP contribution in [0.1, 0.15) is 39.0 Å². The third-order valence-corrected chi connectivity index (χ3v) is 2.14. The van der Waals surface area contributed by atoms with Crippen LogP contribution < -0.4 is 5.48 Å². The number of carboxylic acids is 1. The van der Waals surface area contributed by atoms with E-state index in [4.69, 9.17) is 9.94 Å². The first-order chi connectivity index (χ1) is 7.56. The van der Waals surface area contributed by atoms with Crippen LogP contribution in [-0.4, -0.2) is 29.4 Å². The Morgan fingerprint density at radius 1 is 1.50 bits per heavy atom. The van der Waals surface area contributed by atoms with Crippen LogP contribution in [0.3, 0.4) is 0 Å². The molecule has 16 heavy (non-hydrogen) atoms. The van der Waals surface area contributed by atoms with E-state index in [1.165, 1.54) is 7.11 Å². The summed E-state index contributed by atoms with van der Waals surface area (Å²) in [6.45, 7) is 1.88. The molecule has 0 amide bonds. The van der Waals surface area contributed by atoms with Gasteiger partial charge in [0.1, 0.15) is 0 Å². The van der Waals surface area contributed by atoms with Crippen LogP contribution in [0.4, 0.5) is 0 Å². The normalized spacial score (nSPS) is 13.6. The Hall–Kier alpha value is -1.07. The summed E-state index contributed by atoms with van der Waals surface area (Å²) in [4.78, 5) is 14.9. The van der Waals surface area contributed by atoms with E-state index in [1.807, 2.05) is 13.0 Å². The topological polar surface area (TPSA) is 78.8 Å². The summed E-state index contributed by atoms with van der Waals surface area (Å²) in [6.07, 6.45) is 4.08. The SMILES string of the molecule is CONC(C)=CCCC(O)CCCC(=O)O. The molecule has 5 nitrogen and oxygen atoms in total. The van der Waals surface area contributed by atoms with Gasteiger partial charge in [-0.1, -0.05) is 6.08 Å². The van der Waals surface area contributed by atoms with Crippen molar-refractivity contribution in [2.75, 3.05) is 7.11 Å². The average molecular weight is 231 g/mol. The molecule has 1 atom stereocenters. The number of carboxylic acid groups (broad SMARTS) is 1. The van der Waals surface area contributed by atoms with Gasteiger partial charge in [0.25, 0.3) is 0 Å². The quantitative estimate of drug-likeness (QED) is 0.523. The first-order valence-corrected chi connectivity index (χ1v) is 5.42. The monoisotopic (exact) mass is 231 g/mol. The number of aliphatic hydroxyl groups is 1. The van der Waals surface area contributed by atoms with Crippen LogP contribution >= 0.6 is 0 Å². The molecule has 0 saturated carbocycles. The lowest BCUT2D eigenvalue weighted by Crippen LogP contribution is -2.09. The van der Waals surface area contributed by atoms with Crippen LogP contribution in [0.15, 0.2) is 11.8 Å². The average Bonchev–Trinajstić information content (AvgIpc) is 2.17. The van der Waals surface area contributed by atoms with Gasteiger partial charge in [-0.2, -0.15) is 0 Å². The summed E-state index contributed by atoms with van der Waals surface area (Å²) in [5.74, 6) is -0.813. The van der Waals surface area contributed by atoms with Gasteiger partial charge >= 0.3 is 5.97 Å². The number of carbonyl (C=O) groups is 1. The van der Waals surface area contributed by atoms with Crippen molar-refractivity contribution < 1.29 is 19.8 Å². The molecule has 0 aromatic carbocycles. The predicted molar refractivity (Wildman–Crippen MR) is 60.6 cm³/mol. The minimum Gasteiger partial charge on any atom is -0.481 e. The molecule has 0 radical (unpaired) electrons. The lowest BCUT2D eigenvalue weighted by atomic mass is 10.1. The van der Waals surface area contributed by atoms with E-state index in [-0.39, 0.29) is 6.42 Å². The van der Waals surface area contributed by atoms with Crippen molar-refractivity contribution in [2.24, 2.45) is 0 Å². The van der Waals surface area contributed by atoms with Crippen molar-refractivity contribution >= 4 is 5.97 Å². The molecule has 5 heteroatoms. The first-order valence-electron chi connectivity index (χ1n) is 5.42. The Morgan fingerprint density at radius 3 is 2.75 bits per heavy atom. The fraction of sp³-hybridized carbons (Fsp3) is 0.727. The Kier molecular flexibility index (Phi) is 8.56. The van der Waals surface area contributed by atoms with E-state index in [9.17, 15) is 9.90 Å². The van der Waals surface area contributed by atoms with Crippen molar-refractivity contribution in [3.63, 3.8) is 0 Å². The Labute approximate surface area is 96.1 Å².